The molecule has 0 amide bonds. The molecule has 3 aliphatic rings. The molecule has 8 nitrogen and oxygen atoms in total. The lowest BCUT2D eigenvalue weighted by molar-refractivity contribution is -0.0136. The van der Waals surface area contributed by atoms with E-state index in [1.54, 1.807) is 11.3 Å². The number of aliphatic hydroxyl groups is 1. The van der Waals surface area contributed by atoms with Crippen LogP contribution in [0.25, 0.3) is 10.6 Å². The Labute approximate surface area is 167 Å². The summed E-state index contributed by atoms with van der Waals surface area (Å²) in [4.78, 5) is 15.3. The molecule has 2 atom stereocenters. The lowest BCUT2D eigenvalue weighted by Gasteiger charge is -2.28. The predicted octanol–water partition coefficient (Wildman–Crippen LogP) is 1.66. The van der Waals surface area contributed by atoms with Crippen LogP contribution < -0.4 is 10.6 Å². The van der Waals surface area contributed by atoms with E-state index in [1.165, 1.54) is 5.01 Å². The summed E-state index contributed by atoms with van der Waals surface area (Å²) in [7, 11) is 0. The van der Waals surface area contributed by atoms with E-state index in [-0.39, 0.29) is 6.04 Å². The van der Waals surface area contributed by atoms with Crippen LogP contribution in [0, 0.1) is 0 Å². The highest BCUT2D eigenvalue weighted by atomic mass is 32.1. The number of piperidine rings is 1. The molecule has 2 aromatic heterocycles. The molecule has 0 saturated carbocycles. The zero-order chi connectivity index (χ0) is 18.9. The number of fused-ring (bicyclic) bond motifs is 3. The van der Waals surface area contributed by atoms with Gasteiger partial charge in [0.2, 0.25) is 5.95 Å². The lowest BCUT2D eigenvalue weighted by atomic mass is 9.99. The van der Waals surface area contributed by atoms with E-state index in [1.807, 2.05) is 6.20 Å². The molecular weight excluding hydrogens is 378 g/mol. The molecule has 0 aliphatic carbocycles. The number of aromatic nitrogens is 3. The average molecular weight is 404 g/mol. The van der Waals surface area contributed by atoms with Crippen molar-refractivity contribution < 1.29 is 14.6 Å². The number of ether oxygens (including phenoxy) is 2. The molecule has 0 bridgehead atoms. The van der Waals surface area contributed by atoms with Gasteiger partial charge >= 0.3 is 0 Å². The molecule has 2 saturated heterocycles. The monoisotopic (exact) mass is 403 g/mol. The number of rotatable bonds is 3. The van der Waals surface area contributed by atoms with Gasteiger partial charge in [-0.1, -0.05) is 0 Å². The summed E-state index contributed by atoms with van der Waals surface area (Å²) in [5, 5.41) is 18.0. The summed E-state index contributed by atoms with van der Waals surface area (Å²) in [5.41, 5.74) is 2.87. The molecule has 28 heavy (non-hydrogen) atoms. The third-order valence-corrected chi connectivity index (χ3v) is 6.89. The third-order valence-electron chi connectivity index (χ3n) is 5.62. The van der Waals surface area contributed by atoms with Gasteiger partial charge in [-0.15, -0.1) is 11.3 Å². The standard InChI is InChI=1S/C19H25N5O3S/c25-15-10-26-6-3-13(15)23-19-21-7-12-8-27-9-14-17(16(12)24-19)28-18(22-14)11-1-4-20-5-2-11/h7,11,13,15,20,25H,1-6,8-10H2,(H,21,23,24)/t13-,15-/m1/s1. The van der Waals surface area contributed by atoms with Gasteiger partial charge in [-0.2, -0.15) is 0 Å². The fourth-order valence-corrected chi connectivity index (χ4v) is 5.25. The van der Waals surface area contributed by atoms with Crippen molar-refractivity contribution in [3.05, 3.63) is 22.5 Å². The van der Waals surface area contributed by atoms with Crippen LogP contribution >= 0.6 is 11.3 Å². The molecule has 0 unspecified atom stereocenters. The minimum absolute atomic E-state index is 0.0972. The number of nitrogens with one attached hydrogen (secondary N) is 2. The molecule has 2 aromatic rings. The van der Waals surface area contributed by atoms with Gasteiger partial charge in [0.1, 0.15) is 0 Å². The molecular formula is C19H25N5O3S. The van der Waals surface area contributed by atoms with Gasteiger partial charge in [0.05, 0.1) is 53.2 Å². The Hall–Kier alpha value is -1.65. The molecule has 5 heterocycles. The maximum absolute atomic E-state index is 10.1. The second-order valence-corrected chi connectivity index (χ2v) is 8.62. The highest BCUT2D eigenvalue weighted by molar-refractivity contribution is 7.15. The van der Waals surface area contributed by atoms with Crippen LogP contribution in [0.15, 0.2) is 6.20 Å². The fourth-order valence-electron chi connectivity index (χ4n) is 3.99. The minimum atomic E-state index is -0.551. The smallest absolute Gasteiger partial charge is 0.223 e. The summed E-state index contributed by atoms with van der Waals surface area (Å²) in [6.07, 6.45) is 4.26. The van der Waals surface area contributed by atoms with Crippen LogP contribution in [-0.4, -0.2) is 58.5 Å². The van der Waals surface area contributed by atoms with Gasteiger partial charge < -0.3 is 25.2 Å². The van der Waals surface area contributed by atoms with Gasteiger partial charge in [0.25, 0.3) is 0 Å². The summed E-state index contributed by atoms with van der Waals surface area (Å²) in [6.45, 7) is 4.06. The summed E-state index contributed by atoms with van der Waals surface area (Å²) in [6, 6.07) is -0.0972. The number of aliphatic hydroxyl groups excluding tert-OH is 1. The Kier molecular flexibility index (Phi) is 5.25. The maximum Gasteiger partial charge on any atom is 0.223 e. The molecule has 3 N–H and O–H groups in total. The SMILES string of the molecule is O[C@@H]1COCC[C@H]1Nc1ncc2c(n1)-c1sc(C3CCNCC3)nc1COC2. The first-order chi connectivity index (χ1) is 13.8. The number of thiazole rings is 1. The molecule has 0 spiro atoms. The zero-order valence-electron chi connectivity index (χ0n) is 15.7. The first kappa shape index (κ1) is 18.4. The first-order valence-electron chi connectivity index (χ1n) is 9.94. The Morgan fingerprint density at radius 2 is 2.04 bits per heavy atom. The van der Waals surface area contributed by atoms with E-state index in [0.29, 0.717) is 38.3 Å². The number of nitrogens with zero attached hydrogens (tertiary/aromatic N) is 3. The van der Waals surface area contributed by atoms with Gasteiger partial charge in [0.15, 0.2) is 0 Å². The Morgan fingerprint density at radius 3 is 2.89 bits per heavy atom. The molecule has 5 rings (SSSR count). The maximum atomic E-state index is 10.1. The van der Waals surface area contributed by atoms with Crippen molar-refractivity contribution in [3.8, 4) is 10.6 Å². The largest absolute Gasteiger partial charge is 0.389 e. The summed E-state index contributed by atoms with van der Waals surface area (Å²) in [5.74, 6) is 1.05. The van der Waals surface area contributed by atoms with Crippen molar-refractivity contribution in [1.82, 2.24) is 20.3 Å². The van der Waals surface area contributed by atoms with Gasteiger partial charge in [-0.25, -0.2) is 15.0 Å². The number of anilines is 1. The number of hydrogen-bond acceptors (Lipinski definition) is 9. The van der Waals surface area contributed by atoms with Crippen molar-refractivity contribution in [2.45, 2.75) is 50.5 Å². The number of hydrogen-bond donors (Lipinski definition) is 3. The third kappa shape index (κ3) is 3.65. The van der Waals surface area contributed by atoms with E-state index < -0.39 is 6.10 Å². The fraction of sp³-hybridized carbons (Fsp3) is 0.632. The quantitative estimate of drug-likeness (QED) is 0.711. The molecule has 3 aliphatic heterocycles. The topological polar surface area (TPSA) is 101 Å². The van der Waals surface area contributed by atoms with Crippen molar-refractivity contribution in [2.24, 2.45) is 0 Å². The Balaban J connectivity index is 1.45. The highest BCUT2D eigenvalue weighted by Gasteiger charge is 2.28. The highest BCUT2D eigenvalue weighted by Crippen LogP contribution is 2.39. The van der Waals surface area contributed by atoms with E-state index in [9.17, 15) is 5.11 Å². The second-order valence-electron chi connectivity index (χ2n) is 7.59. The molecule has 0 aromatic carbocycles. The molecule has 2 fully saturated rings. The normalized spacial score (nSPS) is 25.6. The van der Waals surface area contributed by atoms with Crippen LogP contribution in [0.3, 0.4) is 0 Å². The average Bonchev–Trinajstić information content (AvgIpc) is 3.08. The van der Waals surface area contributed by atoms with E-state index in [2.05, 4.69) is 15.6 Å². The second kappa shape index (κ2) is 8.00. The van der Waals surface area contributed by atoms with Crippen LogP contribution in [0.5, 0.6) is 0 Å². The van der Waals surface area contributed by atoms with Crippen molar-refractivity contribution in [1.29, 1.82) is 0 Å². The Bertz CT molecular complexity index is 839. The van der Waals surface area contributed by atoms with Crippen LogP contribution in [0.4, 0.5) is 5.95 Å². The van der Waals surface area contributed by atoms with Crippen molar-refractivity contribution in [2.75, 3.05) is 31.6 Å². The van der Waals surface area contributed by atoms with E-state index >= 15 is 0 Å². The molecule has 150 valence electrons. The van der Waals surface area contributed by atoms with Gasteiger partial charge in [-0.3, -0.25) is 0 Å². The van der Waals surface area contributed by atoms with E-state index in [0.717, 1.165) is 54.2 Å². The summed E-state index contributed by atoms with van der Waals surface area (Å²) >= 11 is 1.75. The first-order valence-corrected chi connectivity index (χ1v) is 10.8. The van der Waals surface area contributed by atoms with Crippen LogP contribution in [0.2, 0.25) is 0 Å². The lowest BCUT2D eigenvalue weighted by Crippen LogP contribution is -2.42. The molecule has 0 radical (unpaired) electrons. The van der Waals surface area contributed by atoms with Gasteiger partial charge in [0, 0.05) is 24.3 Å². The van der Waals surface area contributed by atoms with E-state index in [4.69, 9.17) is 19.4 Å². The van der Waals surface area contributed by atoms with Crippen molar-refractivity contribution in [3.63, 3.8) is 0 Å². The predicted molar refractivity (Wildman–Crippen MR) is 105 cm³/mol. The molecule has 9 heteroatoms. The van der Waals surface area contributed by atoms with Gasteiger partial charge in [-0.05, 0) is 32.4 Å². The van der Waals surface area contributed by atoms with Crippen LogP contribution in [-0.2, 0) is 22.7 Å². The zero-order valence-corrected chi connectivity index (χ0v) is 16.5. The summed E-state index contributed by atoms with van der Waals surface area (Å²) < 4.78 is 11.1. The Morgan fingerprint density at radius 1 is 1.14 bits per heavy atom. The van der Waals surface area contributed by atoms with Crippen LogP contribution in [0.1, 0.15) is 41.4 Å². The minimum Gasteiger partial charge on any atom is -0.389 e. The van der Waals surface area contributed by atoms with Crippen molar-refractivity contribution >= 4 is 17.3 Å².